The van der Waals surface area contributed by atoms with Crippen LogP contribution in [0, 0.1) is 11.8 Å². The van der Waals surface area contributed by atoms with Crippen molar-refractivity contribution in [3.8, 4) is 0 Å². The van der Waals surface area contributed by atoms with Crippen LogP contribution in [0.2, 0.25) is 0 Å². The van der Waals surface area contributed by atoms with E-state index in [-0.39, 0.29) is 12.3 Å². The van der Waals surface area contributed by atoms with Crippen LogP contribution in [0.25, 0.3) is 0 Å². The topological polar surface area (TPSA) is 136 Å². The predicted molar refractivity (Wildman–Crippen MR) is 70.0 cm³/mol. The molecule has 0 aromatic rings. The molecule has 110 valence electrons. The highest BCUT2D eigenvalue weighted by molar-refractivity contribution is 5.88. The van der Waals surface area contributed by atoms with E-state index in [4.69, 9.17) is 16.6 Å². The van der Waals surface area contributed by atoms with Crippen LogP contribution < -0.4 is 16.8 Å². The number of primary amides is 1. The van der Waals surface area contributed by atoms with E-state index in [9.17, 15) is 14.4 Å². The zero-order valence-corrected chi connectivity index (χ0v) is 11.4. The first-order valence-corrected chi connectivity index (χ1v) is 6.26. The molecule has 19 heavy (non-hydrogen) atoms. The van der Waals surface area contributed by atoms with Gasteiger partial charge in [-0.1, -0.05) is 13.8 Å². The van der Waals surface area contributed by atoms with Crippen molar-refractivity contribution in [1.82, 2.24) is 5.32 Å². The van der Waals surface area contributed by atoms with Gasteiger partial charge in [-0.25, -0.2) is 4.79 Å². The third-order valence-corrected chi connectivity index (χ3v) is 2.65. The number of carbonyl (C=O) groups is 3. The molecular formula is C12H23N3O4. The predicted octanol–water partition coefficient (Wildman–Crippen LogP) is -0.558. The molecule has 0 spiro atoms. The molecule has 1 unspecified atom stereocenters. The van der Waals surface area contributed by atoms with Crippen molar-refractivity contribution < 1.29 is 19.5 Å². The summed E-state index contributed by atoms with van der Waals surface area (Å²) in [4.78, 5) is 33.3. The molecule has 0 saturated carbocycles. The molecule has 7 heteroatoms. The summed E-state index contributed by atoms with van der Waals surface area (Å²) in [6.07, 6.45) is 0.521. The van der Waals surface area contributed by atoms with E-state index in [1.54, 1.807) is 0 Å². The second-order valence-electron chi connectivity index (χ2n) is 5.06. The van der Waals surface area contributed by atoms with Gasteiger partial charge in [0.1, 0.15) is 6.04 Å². The number of carboxylic acids is 1. The fraction of sp³-hybridized carbons (Fsp3) is 0.750. The van der Waals surface area contributed by atoms with E-state index in [0.717, 1.165) is 6.42 Å². The van der Waals surface area contributed by atoms with Gasteiger partial charge in [0.05, 0.1) is 6.42 Å². The van der Waals surface area contributed by atoms with Crippen LogP contribution in [-0.4, -0.2) is 35.5 Å². The fourth-order valence-corrected chi connectivity index (χ4v) is 1.85. The molecule has 2 atom stereocenters. The Balaban J connectivity index is 4.39. The highest BCUT2D eigenvalue weighted by Gasteiger charge is 2.23. The first-order chi connectivity index (χ1) is 8.76. The number of hydrogen-bond donors (Lipinski definition) is 4. The molecule has 0 bridgehead atoms. The molecule has 0 aromatic carbocycles. The van der Waals surface area contributed by atoms with Crippen LogP contribution in [0.1, 0.15) is 33.1 Å². The maximum atomic E-state index is 11.7. The summed E-state index contributed by atoms with van der Waals surface area (Å²) in [5.41, 5.74) is 10.5. The molecule has 0 aromatic heterocycles. The van der Waals surface area contributed by atoms with Crippen LogP contribution in [0.5, 0.6) is 0 Å². The summed E-state index contributed by atoms with van der Waals surface area (Å²) in [6.45, 7) is 4.40. The standard InChI is InChI=1S/C12H23N3O4/c1-7(2)3-8(6-13)4-11(17)15-9(12(18)19)5-10(14)16/h7-9H,3-6,13H2,1-2H3,(H2,14,16)(H,15,17)(H,18,19)/t8?,9-/m1/s1. The lowest BCUT2D eigenvalue weighted by atomic mass is 9.94. The normalized spacial score (nSPS) is 13.9. The molecule has 7 nitrogen and oxygen atoms in total. The maximum absolute atomic E-state index is 11.7. The van der Waals surface area contributed by atoms with Crippen molar-refractivity contribution in [2.24, 2.45) is 23.3 Å². The number of nitrogens with one attached hydrogen (secondary N) is 1. The van der Waals surface area contributed by atoms with Crippen LogP contribution in [0.15, 0.2) is 0 Å². The third-order valence-electron chi connectivity index (χ3n) is 2.65. The SMILES string of the molecule is CC(C)CC(CN)CC(=O)N[C@H](CC(N)=O)C(=O)O. The van der Waals surface area contributed by atoms with Crippen molar-refractivity contribution >= 4 is 17.8 Å². The lowest BCUT2D eigenvalue weighted by Gasteiger charge is -2.18. The molecule has 0 aliphatic rings. The number of aliphatic carboxylic acids is 1. The lowest BCUT2D eigenvalue weighted by Crippen LogP contribution is -2.44. The van der Waals surface area contributed by atoms with E-state index in [1.807, 2.05) is 13.8 Å². The number of amides is 2. The van der Waals surface area contributed by atoms with E-state index in [2.05, 4.69) is 5.32 Å². The van der Waals surface area contributed by atoms with E-state index in [0.29, 0.717) is 12.5 Å². The Labute approximate surface area is 112 Å². The van der Waals surface area contributed by atoms with Gasteiger partial charge < -0.3 is 21.9 Å². The Bertz CT molecular complexity index is 331. The molecule has 0 radical (unpaired) electrons. The van der Waals surface area contributed by atoms with Gasteiger partial charge in [-0.3, -0.25) is 9.59 Å². The van der Waals surface area contributed by atoms with E-state index in [1.165, 1.54) is 0 Å². The van der Waals surface area contributed by atoms with Crippen molar-refractivity contribution in [1.29, 1.82) is 0 Å². The molecule has 6 N–H and O–H groups in total. The van der Waals surface area contributed by atoms with Crippen LogP contribution in [-0.2, 0) is 14.4 Å². The number of rotatable bonds is 9. The zero-order valence-electron chi connectivity index (χ0n) is 11.4. The molecular weight excluding hydrogens is 250 g/mol. The average Bonchev–Trinajstić information content (AvgIpc) is 2.25. The highest BCUT2D eigenvalue weighted by Crippen LogP contribution is 2.14. The number of carbonyl (C=O) groups excluding carboxylic acids is 2. The molecule has 0 aliphatic heterocycles. The molecule has 0 rings (SSSR count). The maximum Gasteiger partial charge on any atom is 0.326 e. The largest absolute Gasteiger partial charge is 0.480 e. The Morgan fingerprint density at radius 1 is 1.21 bits per heavy atom. The summed E-state index contributed by atoms with van der Waals surface area (Å²) in [7, 11) is 0. The van der Waals surface area contributed by atoms with E-state index >= 15 is 0 Å². The molecule has 2 amide bonds. The summed E-state index contributed by atoms with van der Waals surface area (Å²) >= 11 is 0. The van der Waals surface area contributed by atoms with Crippen molar-refractivity contribution in [2.75, 3.05) is 6.54 Å². The molecule has 0 saturated heterocycles. The highest BCUT2D eigenvalue weighted by atomic mass is 16.4. The fourth-order valence-electron chi connectivity index (χ4n) is 1.85. The Morgan fingerprint density at radius 2 is 1.79 bits per heavy atom. The monoisotopic (exact) mass is 273 g/mol. The van der Waals surface area contributed by atoms with Gasteiger partial charge in [-0.2, -0.15) is 0 Å². The van der Waals surface area contributed by atoms with Crippen LogP contribution in [0.3, 0.4) is 0 Å². The zero-order chi connectivity index (χ0) is 15.0. The average molecular weight is 273 g/mol. The summed E-state index contributed by atoms with van der Waals surface area (Å²) in [5, 5.41) is 11.2. The Kier molecular flexibility index (Phi) is 7.74. The number of nitrogens with two attached hydrogens (primary N) is 2. The van der Waals surface area contributed by atoms with Crippen LogP contribution in [0.4, 0.5) is 0 Å². The van der Waals surface area contributed by atoms with Crippen molar-refractivity contribution in [2.45, 2.75) is 39.2 Å². The van der Waals surface area contributed by atoms with Gasteiger partial charge in [0.15, 0.2) is 0 Å². The first-order valence-electron chi connectivity index (χ1n) is 6.26. The number of hydrogen-bond acceptors (Lipinski definition) is 4. The van der Waals surface area contributed by atoms with E-state index < -0.39 is 30.2 Å². The second-order valence-corrected chi connectivity index (χ2v) is 5.06. The van der Waals surface area contributed by atoms with Gasteiger partial charge in [0.2, 0.25) is 11.8 Å². The number of carboxylic acid groups (broad SMARTS) is 1. The minimum Gasteiger partial charge on any atom is -0.480 e. The van der Waals surface area contributed by atoms with Gasteiger partial charge >= 0.3 is 5.97 Å². The minimum atomic E-state index is -1.28. The summed E-state index contributed by atoms with van der Waals surface area (Å²) in [6, 6.07) is -1.28. The molecule has 0 fully saturated rings. The third kappa shape index (κ3) is 8.15. The van der Waals surface area contributed by atoms with Crippen LogP contribution >= 0.6 is 0 Å². The van der Waals surface area contributed by atoms with Crippen molar-refractivity contribution in [3.63, 3.8) is 0 Å². The minimum absolute atomic E-state index is 0.00280. The Morgan fingerprint density at radius 3 is 2.16 bits per heavy atom. The lowest BCUT2D eigenvalue weighted by molar-refractivity contribution is -0.143. The summed E-state index contributed by atoms with van der Waals surface area (Å²) in [5.74, 6) is -2.07. The van der Waals surface area contributed by atoms with Crippen molar-refractivity contribution in [3.05, 3.63) is 0 Å². The molecule has 0 heterocycles. The Hall–Kier alpha value is -1.63. The van der Waals surface area contributed by atoms with Gasteiger partial charge in [-0.05, 0) is 24.8 Å². The second kappa shape index (κ2) is 8.47. The summed E-state index contributed by atoms with van der Waals surface area (Å²) < 4.78 is 0. The van der Waals surface area contributed by atoms with Gasteiger partial charge in [-0.15, -0.1) is 0 Å². The van der Waals surface area contributed by atoms with Gasteiger partial charge in [0.25, 0.3) is 0 Å². The smallest absolute Gasteiger partial charge is 0.326 e. The quantitative estimate of drug-likeness (QED) is 0.446. The van der Waals surface area contributed by atoms with Gasteiger partial charge in [0, 0.05) is 6.42 Å². The molecule has 0 aliphatic carbocycles. The first kappa shape index (κ1) is 17.4.